The number of halogens is 1. The number of rotatable bonds is 5. The van der Waals surface area contributed by atoms with E-state index in [1.807, 2.05) is 6.07 Å². The Labute approximate surface area is 132 Å². The van der Waals surface area contributed by atoms with Gasteiger partial charge in [0, 0.05) is 5.56 Å². The third-order valence-corrected chi connectivity index (χ3v) is 4.83. The van der Waals surface area contributed by atoms with Gasteiger partial charge in [-0.2, -0.15) is 0 Å². The lowest BCUT2D eigenvalue weighted by Gasteiger charge is -2.20. The van der Waals surface area contributed by atoms with Crippen molar-refractivity contribution in [2.75, 3.05) is 13.7 Å². The molecule has 2 rings (SSSR count). The average molecular weight is 387 g/mol. The van der Waals surface area contributed by atoms with Gasteiger partial charge in [0.05, 0.1) is 16.0 Å². The summed E-state index contributed by atoms with van der Waals surface area (Å²) in [5, 5.41) is 5.77. The van der Waals surface area contributed by atoms with Crippen LogP contribution in [-0.2, 0) is 0 Å². The fourth-order valence-electron chi connectivity index (χ4n) is 2.17. The van der Waals surface area contributed by atoms with Crippen LogP contribution in [0.5, 0.6) is 5.75 Å². The van der Waals surface area contributed by atoms with E-state index in [2.05, 4.69) is 65.3 Å². The summed E-state index contributed by atoms with van der Waals surface area (Å²) in [6.07, 6.45) is 0. The fourth-order valence-corrected chi connectivity index (χ4v) is 3.56. The summed E-state index contributed by atoms with van der Waals surface area (Å²) in [5.74, 6) is 0.942. The SMILES string of the molecule is CCNC(c1csc(I)c1)c1cc(C)ccc1OC. The molecular weight excluding hydrogens is 369 g/mol. The number of thiophene rings is 1. The van der Waals surface area contributed by atoms with Crippen LogP contribution in [0.2, 0.25) is 0 Å². The van der Waals surface area contributed by atoms with Gasteiger partial charge in [0.25, 0.3) is 0 Å². The summed E-state index contributed by atoms with van der Waals surface area (Å²) >= 11 is 4.14. The summed E-state index contributed by atoms with van der Waals surface area (Å²) in [6.45, 7) is 5.17. The molecule has 1 atom stereocenters. The van der Waals surface area contributed by atoms with E-state index in [4.69, 9.17) is 4.74 Å². The molecule has 0 aliphatic carbocycles. The zero-order valence-corrected chi connectivity index (χ0v) is 14.3. The van der Waals surface area contributed by atoms with Crippen LogP contribution >= 0.6 is 33.9 Å². The molecule has 19 heavy (non-hydrogen) atoms. The molecule has 0 fully saturated rings. The maximum Gasteiger partial charge on any atom is 0.123 e. The number of nitrogens with one attached hydrogen (secondary N) is 1. The van der Waals surface area contributed by atoms with Crippen LogP contribution in [0.3, 0.4) is 0 Å². The van der Waals surface area contributed by atoms with Crippen molar-refractivity contribution in [2.24, 2.45) is 0 Å². The molecule has 1 unspecified atom stereocenters. The van der Waals surface area contributed by atoms with Crippen LogP contribution < -0.4 is 10.1 Å². The molecule has 0 spiro atoms. The van der Waals surface area contributed by atoms with E-state index in [0.717, 1.165) is 12.3 Å². The largest absolute Gasteiger partial charge is 0.496 e. The van der Waals surface area contributed by atoms with Crippen molar-refractivity contribution in [1.82, 2.24) is 5.32 Å². The summed E-state index contributed by atoms with van der Waals surface area (Å²) in [4.78, 5) is 0. The minimum Gasteiger partial charge on any atom is -0.496 e. The van der Waals surface area contributed by atoms with Crippen LogP contribution in [0.4, 0.5) is 0 Å². The quantitative estimate of drug-likeness (QED) is 0.770. The molecule has 1 aromatic carbocycles. The zero-order valence-electron chi connectivity index (χ0n) is 11.4. The zero-order chi connectivity index (χ0) is 13.8. The molecule has 0 aliphatic rings. The second kappa shape index (κ2) is 6.72. The van der Waals surface area contributed by atoms with Crippen molar-refractivity contribution in [1.29, 1.82) is 0 Å². The van der Waals surface area contributed by atoms with Crippen LogP contribution in [-0.4, -0.2) is 13.7 Å². The Hall–Kier alpha value is -0.590. The molecule has 1 heterocycles. The maximum atomic E-state index is 5.52. The number of hydrogen-bond acceptors (Lipinski definition) is 3. The van der Waals surface area contributed by atoms with Gasteiger partial charge in [-0.1, -0.05) is 24.6 Å². The summed E-state index contributed by atoms with van der Waals surface area (Å²) < 4.78 is 6.82. The van der Waals surface area contributed by atoms with Gasteiger partial charge in [-0.3, -0.25) is 0 Å². The highest BCUT2D eigenvalue weighted by Gasteiger charge is 2.18. The third-order valence-electron chi connectivity index (χ3n) is 3.03. The highest BCUT2D eigenvalue weighted by Crippen LogP contribution is 2.33. The molecule has 2 aromatic rings. The molecule has 0 saturated heterocycles. The number of hydrogen-bond donors (Lipinski definition) is 1. The van der Waals surface area contributed by atoms with Crippen LogP contribution in [0.25, 0.3) is 0 Å². The molecular formula is C15H18INOS. The van der Waals surface area contributed by atoms with Crippen LogP contribution in [0.1, 0.15) is 29.7 Å². The predicted octanol–water partition coefficient (Wildman–Crippen LogP) is 4.37. The fraction of sp³-hybridized carbons (Fsp3) is 0.333. The Morgan fingerprint density at radius 3 is 2.74 bits per heavy atom. The van der Waals surface area contributed by atoms with E-state index in [-0.39, 0.29) is 6.04 Å². The van der Waals surface area contributed by atoms with Crippen LogP contribution in [0, 0.1) is 9.81 Å². The Bertz CT molecular complexity index is 553. The minimum atomic E-state index is 0.194. The first-order chi connectivity index (χ1) is 9.15. The van der Waals surface area contributed by atoms with Gasteiger partial charge in [-0.15, -0.1) is 11.3 Å². The number of methoxy groups -OCH3 is 1. The van der Waals surface area contributed by atoms with Crippen molar-refractivity contribution in [3.8, 4) is 5.75 Å². The highest BCUT2D eigenvalue weighted by molar-refractivity contribution is 14.1. The molecule has 1 aromatic heterocycles. The van der Waals surface area contributed by atoms with E-state index in [9.17, 15) is 0 Å². The Morgan fingerprint density at radius 2 is 2.16 bits per heavy atom. The number of aryl methyl sites for hydroxylation is 1. The first-order valence-electron chi connectivity index (χ1n) is 6.27. The van der Waals surface area contributed by atoms with Gasteiger partial charge in [-0.05, 0) is 59.1 Å². The van der Waals surface area contributed by atoms with Crippen molar-refractivity contribution in [3.63, 3.8) is 0 Å². The first-order valence-corrected chi connectivity index (χ1v) is 8.23. The van der Waals surface area contributed by atoms with Gasteiger partial charge in [0.2, 0.25) is 0 Å². The molecule has 0 amide bonds. The van der Waals surface area contributed by atoms with Crippen LogP contribution in [0.15, 0.2) is 29.6 Å². The topological polar surface area (TPSA) is 21.3 Å². The minimum absolute atomic E-state index is 0.194. The van der Waals surface area contributed by atoms with Gasteiger partial charge in [-0.25, -0.2) is 0 Å². The molecule has 0 radical (unpaired) electrons. The average Bonchev–Trinajstić information content (AvgIpc) is 2.82. The first kappa shape index (κ1) is 14.8. The van der Waals surface area contributed by atoms with Gasteiger partial charge < -0.3 is 10.1 Å². The summed E-state index contributed by atoms with van der Waals surface area (Å²) in [7, 11) is 1.73. The van der Waals surface area contributed by atoms with Crippen molar-refractivity contribution in [2.45, 2.75) is 19.9 Å². The van der Waals surface area contributed by atoms with E-state index in [0.29, 0.717) is 0 Å². The number of ether oxygens (including phenoxy) is 1. The molecule has 0 bridgehead atoms. The second-order valence-electron chi connectivity index (χ2n) is 4.42. The monoisotopic (exact) mass is 387 g/mol. The number of benzene rings is 1. The normalized spacial score (nSPS) is 12.4. The van der Waals surface area contributed by atoms with E-state index >= 15 is 0 Å². The summed E-state index contributed by atoms with van der Waals surface area (Å²) in [5.41, 5.74) is 3.77. The van der Waals surface area contributed by atoms with Crippen molar-refractivity contribution in [3.05, 3.63) is 49.2 Å². The highest BCUT2D eigenvalue weighted by atomic mass is 127. The lowest BCUT2D eigenvalue weighted by molar-refractivity contribution is 0.404. The Balaban J connectivity index is 2.46. The molecule has 2 nitrogen and oxygen atoms in total. The molecule has 0 aliphatic heterocycles. The smallest absolute Gasteiger partial charge is 0.123 e. The standard InChI is InChI=1S/C15H18INOS/c1-4-17-15(11-8-14(16)19-9-11)12-7-10(2)5-6-13(12)18-3/h5-9,15,17H,4H2,1-3H3. The van der Waals surface area contributed by atoms with E-state index in [1.165, 1.54) is 19.6 Å². The molecule has 4 heteroatoms. The molecule has 102 valence electrons. The molecule has 0 saturated carbocycles. The second-order valence-corrected chi connectivity index (χ2v) is 7.23. The molecule has 1 N–H and O–H groups in total. The van der Waals surface area contributed by atoms with Crippen molar-refractivity contribution >= 4 is 33.9 Å². The van der Waals surface area contributed by atoms with Gasteiger partial charge >= 0.3 is 0 Å². The summed E-state index contributed by atoms with van der Waals surface area (Å²) in [6, 6.07) is 8.77. The Kier molecular flexibility index (Phi) is 5.24. The lowest BCUT2D eigenvalue weighted by Crippen LogP contribution is -2.22. The van der Waals surface area contributed by atoms with Gasteiger partial charge in [0.15, 0.2) is 0 Å². The maximum absolute atomic E-state index is 5.52. The third kappa shape index (κ3) is 3.49. The predicted molar refractivity (Wildman–Crippen MR) is 90.3 cm³/mol. The van der Waals surface area contributed by atoms with E-state index < -0.39 is 0 Å². The van der Waals surface area contributed by atoms with E-state index in [1.54, 1.807) is 18.4 Å². The Morgan fingerprint density at radius 1 is 1.37 bits per heavy atom. The lowest BCUT2D eigenvalue weighted by atomic mass is 9.98. The van der Waals surface area contributed by atoms with Gasteiger partial charge in [0.1, 0.15) is 5.75 Å². The van der Waals surface area contributed by atoms with Crippen molar-refractivity contribution < 1.29 is 4.74 Å².